The minimum absolute atomic E-state index is 0.0529. The zero-order chi connectivity index (χ0) is 13.1. The summed E-state index contributed by atoms with van der Waals surface area (Å²) in [5.74, 6) is 0.316. The first-order valence-electron chi connectivity index (χ1n) is 6.46. The van der Waals surface area contributed by atoms with Gasteiger partial charge in [0, 0.05) is 12.5 Å². The molecule has 1 aliphatic carbocycles. The quantitative estimate of drug-likeness (QED) is 0.889. The summed E-state index contributed by atoms with van der Waals surface area (Å²) in [6.07, 6.45) is 4.23. The molecule has 0 radical (unpaired) electrons. The predicted octanol–water partition coefficient (Wildman–Crippen LogP) is 3.59. The predicted molar refractivity (Wildman–Crippen MR) is 76.2 cm³/mol. The van der Waals surface area contributed by atoms with E-state index in [4.69, 9.17) is 28.9 Å². The highest BCUT2D eigenvalue weighted by Gasteiger charge is 2.30. The van der Waals surface area contributed by atoms with Crippen molar-refractivity contribution in [3.8, 4) is 0 Å². The Hall–Kier alpha value is -0.280. The Kier molecular flexibility index (Phi) is 4.91. The van der Waals surface area contributed by atoms with Crippen LogP contribution in [0.3, 0.4) is 0 Å². The summed E-state index contributed by atoms with van der Waals surface area (Å²) < 4.78 is 0. The van der Waals surface area contributed by atoms with Crippen LogP contribution in [0.4, 0.5) is 0 Å². The molecule has 1 aliphatic rings. The molecule has 1 saturated carbocycles. The fraction of sp³-hybridized carbons (Fsp3) is 0.571. The molecule has 3 N–H and O–H groups in total. The Morgan fingerprint density at radius 1 is 1.22 bits per heavy atom. The third-order valence-corrected chi connectivity index (χ3v) is 4.66. The van der Waals surface area contributed by atoms with E-state index in [0.29, 0.717) is 22.5 Å². The lowest BCUT2D eigenvalue weighted by molar-refractivity contribution is 0.0851. The number of halogens is 2. The van der Waals surface area contributed by atoms with Gasteiger partial charge in [0.05, 0.1) is 16.1 Å². The molecule has 0 spiro atoms. The van der Waals surface area contributed by atoms with E-state index >= 15 is 0 Å². The maximum Gasteiger partial charge on any atom is 0.0648 e. The summed E-state index contributed by atoms with van der Waals surface area (Å²) in [5.41, 5.74) is 6.80. The van der Waals surface area contributed by atoms with Gasteiger partial charge in [-0.25, -0.2) is 0 Å². The monoisotopic (exact) mass is 287 g/mol. The molecular weight excluding hydrogens is 269 g/mol. The second-order valence-electron chi connectivity index (χ2n) is 5.05. The van der Waals surface area contributed by atoms with Crippen LogP contribution in [0.1, 0.15) is 37.2 Å². The van der Waals surface area contributed by atoms with Crippen LogP contribution in [0.25, 0.3) is 0 Å². The van der Waals surface area contributed by atoms with E-state index in [1.807, 2.05) is 12.1 Å². The Bertz CT molecular complexity index is 405. The molecule has 1 fully saturated rings. The lowest BCUT2D eigenvalue weighted by Gasteiger charge is -2.27. The van der Waals surface area contributed by atoms with Crippen LogP contribution in [-0.2, 0) is 0 Å². The van der Waals surface area contributed by atoms with Crippen LogP contribution in [0, 0.1) is 5.92 Å². The largest absolute Gasteiger partial charge is 0.392 e. The van der Waals surface area contributed by atoms with Crippen molar-refractivity contribution in [1.82, 2.24) is 0 Å². The molecule has 18 heavy (non-hydrogen) atoms. The van der Waals surface area contributed by atoms with E-state index in [1.165, 1.54) is 12.8 Å². The Labute approximate surface area is 118 Å². The van der Waals surface area contributed by atoms with Crippen molar-refractivity contribution in [2.45, 2.75) is 37.7 Å². The van der Waals surface area contributed by atoms with Crippen molar-refractivity contribution in [2.24, 2.45) is 11.7 Å². The molecule has 100 valence electrons. The number of hydrogen-bond donors (Lipinski definition) is 2. The summed E-state index contributed by atoms with van der Waals surface area (Å²) >= 11 is 11.9. The van der Waals surface area contributed by atoms with E-state index in [-0.39, 0.29) is 12.0 Å². The lowest BCUT2D eigenvalue weighted by atomic mass is 9.85. The third-order valence-electron chi connectivity index (χ3n) is 3.92. The molecule has 0 heterocycles. The Balaban J connectivity index is 2.18. The van der Waals surface area contributed by atoms with Crippen molar-refractivity contribution in [2.75, 3.05) is 6.54 Å². The molecule has 2 nitrogen and oxygen atoms in total. The molecular formula is C14H19Cl2NO. The van der Waals surface area contributed by atoms with Gasteiger partial charge in [0.25, 0.3) is 0 Å². The topological polar surface area (TPSA) is 46.2 Å². The molecule has 0 aliphatic heterocycles. The molecule has 0 saturated heterocycles. The van der Waals surface area contributed by atoms with Crippen LogP contribution in [0.2, 0.25) is 10.0 Å². The molecule has 1 aromatic rings. The number of hydrogen-bond acceptors (Lipinski definition) is 2. The third kappa shape index (κ3) is 3.00. The smallest absolute Gasteiger partial charge is 0.0648 e. The van der Waals surface area contributed by atoms with Crippen molar-refractivity contribution < 1.29 is 5.11 Å². The van der Waals surface area contributed by atoms with E-state index in [9.17, 15) is 5.11 Å². The lowest BCUT2D eigenvalue weighted by Crippen LogP contribution is -2.31. The van der Waals surface area contributed by atoms with Crippen molar-refractivity contribution in [3.05, 3.63) is 33.8 Å². The standard InChI is InChI=1S/C14H19Cl2NO/c15-12-6-5-10(7-13(12)16)11(8-17)14(18)9-3-1-2-4-9/h5-7,9,11,14,18H,1-4,8,17H2. The SMILES string of the molecule is NCC(c1ccc(Cl)c(Cl)c1)C(O)C1CCCC1. The van der Waals surface area contributed by atoms with Gasteiger partial charge in [-0.3, -0.25) is 0 Å². The van der Waals surface area contributed by atoms with Gasteiger partial charge in [0.2, 0.25) is 0 Å². The van der Waals surface area contributed by atoms with E-state index in [1.54, 1.807) is 6.07 Å². The number of nitrogens with two attached hydrogens (primary N) is 1. The first-order chi connectivity index (χ1) is 8.63. The van der Waals surface area contributed by atoms with Crippen LogP contribution >= 0.6 is 23.2 Å². The van der Waals surface area contributed by atoms with Crippen molar-refractivity contribution in [3.63, 3.8) is 0 Å². The van der Waals surface area contributed by atoms with Gasteiger partial charge in [-0.15, -0.1) is 0 Å². The summed E-state index contributed by atoms with van der Waals surface area (Å²) in [6, 6.07) is 5.49. The minimum atomic E-state index is -0.380. The summed E-state index contributed by atoms with van der Waals surface area (Å²) in [6.45, 7) is 0.426. The van der Waals surface area contributed by atoms with Gasteiger partial charge < -0.3 is 10.8 Å². The molecule has 1 aromatic carbocycles. The molecule has 2 rings (SSSR count). The van der Waals surface area contributed by atoms with Crippen LogP contribution < -0.4 is 5.73 Å². The normalized spacial score (nSPS) is 20.0. The van der Waals surface area contributed by atoms with E-state index in [2.05, 4.69) is 0 Å². The summed E-state index contributed by atoms with van der Waals surface area (Å²) in [4.78, 5) is 0. The summed E-state index contributed by atoms with van der Waals surface area (Å²) in [7, 11) is 0. The van der Waals surface area contributed by atoms with Gasteiger partial charge in [-0.2, -0.15) is 0 Å². The molecule has 2 unspecified atom stereocenters. The highest BCUT2D eigenvalue weighted by Crippen LogP contribution is 2.35. The number of aliphatic hydroxyl groups is 1. The van der Waals surface area contributed by atoms with Gasteiger partial charge in [-0.05, 0) is 36.5 Å². The average Bonchev–Trinajstić information content (AvgIpc) is 2.88. The molecule has 0 amide bonds. The maximum atomic E-state index is 10.5. The van der Waals surface area contributed by atoms with Gasteiger partial charge >= 0.3 is 0 Å². The second-order valence-corrected chi connectivity index (χ2v) is 5.87. The first kappa shape index (κ1) is 14.1. The van der Waals surface area contributed by atoms with Gasteiger partial charge in [-0.1, -0.05) is 42.1 Å². The molecule has 0 bridgehead atoms. The average molecular weight is 288 g/mol. The first-order valence-corrected chi connectivity index (χ1v) is 7.22. The molecule has 4 heteroatoms. The Morgan fingerprint density at radius 2 is 1.89 bits per heavy atom. The van der Waals surface area contributed by atoms with Gasteiger partial charge in [0.15, 0.2) is 0 Å². The number of aliphatic hydroxyl groups excluding tert-OH is 1. The van der Waals surface area contributed by atoms with Crippen LogP contribution in [0.15, 0.2) is 18.2 Å². The molecule has 0 aromatic heterocycles. The fourth-order valence-corrected chi connectivity index (χ4v) is 3.15. The number of rotatable bonds is 4. The highest BCUT2D eigenvalue weighted by atomic mass is 35.5. The Morgan fingerprint density at radius 3 is 2.44 bits per heavy atom. The van der Waals surface area contributed by atoms with Crippen LogP contribution in [0.5, 0.6) is 0 Å². The van der Waals surface area contributed by atoms with E-state index in [0.717, 1.165) is 18.4 Å². The summed E-state index contributed by atoms with van der Waals surface area (Å²) in [5, 5.41) is 11.5. The zero-order valence-electron chi connectivity index (χ0n) is 10.3. The molecule has 2 atom stereocenters. The fourth-order valence-electron chi connectivity index (χ4n) is 2.84. The minimum Gasteiger partial charge on any atom is -0.392 e. The van der Waals surface area contributed by atoms with Crippen molar-refractivity contribution in [1.29, 1.82) is 0 Å². The second kappa shape index (κ2) is 6.25. The van der Waals surface area contributed by atoms with Crippen LogP contribution in [-0.4, -0.2) is 17.8 Å². The highest BCUT2D eigenvalue weighted by molar-refractivity contribution is 6.42. The van der Waals surface area contributed by atoms with Gasteiger partial charge in [0.1, 0.15) is 0 Å². The maximum absolute atomic E-state index is 10.5. The van der Waals surface area contributed by atoms with Crippen molar-refractivity contribution >= 4 is 23.2 Å². The van der Waals surface area contributed by atoms with E-state index < -0.39 is 0 Å². The zero-order valence-corrected chi connectivity index (χ0v) is 11.8. The number of benzene rings is 1.